The Labute approximate surface area is 155 Å². The molecule has 2 N–H and O–H groups in total. The molecule has 8 heteroatoms. The molecule has 1 aliphatic carbocycles. The van der Waals surface area contributed by atoms with Gasteiger partial charge >= 0.3 is 0 Å². The summed E-state index contributed by atoms with van der Waals surface area (Å²) >= 11 is 0. The Kier molecular flexibility index (Phi) is 10.2. The molecule has 0 bridgehead atoms. The maximum atomic E-state index is 5.96. The standard InChI is InChI=1S/C15H28N6O.HI/c1-16-15(18-11-14-20-19-12-21(14)2)17-9-10-22-13-7-5-3-4-6-8-13;/h12-13H,3-11H2,1-2H3,(H2,16,17,18);1H. The van der Waals surface area contributed by atoms with E-state index < -0.39 is 0 Å². The lowest BCUT2D eigenvalue weighted by atomic mass is 10.1. The average molecular weight is 436 g/mol. The molecule has 1 saturated carbocycles. The first-order chi connectivity index (χ1) is 10.8. The van der Waals surface area contributed by atoms with Crippen molar-refractivity contribution < 1.29 is 4.74 Å². The summed E-state index contributed by atoms with van der Waals surface area (Å²) in [5.74, 6) is 1.63. The lowest BCUT2D eigenvalue weighted by molar-refractivity contribution is 0.0468. The number of rotatable bonds is 6. The maximum absolute atomic E-state index is 5.96. The van der Waals surface area contributed by atoms with Crippen LogP contribution in [0.5, 0.6) is 0 Å². The highest BCUT2D eigenvalue weighted by Crippen LogP contribution is 2.19. The Morgan fingerprint density at radius 1 is 1.30 bits per heavy atom. The van der Waals surface area contributed by atoms with Gasteiger partial charge in [-0.15, -0.1) is 34.2 Å². The molecule has 1 fully saturated rings. The van der Waals surface area contributed by atoms with Crippen LogP contribution in [0.4, 0.5) is 0 Å². The number of hydrogen-bond donors (Lipinski definition) is 2. The average Bonchev–Trinajstić information content (AvgIpc) is 2.77. The summed E-state index contributed by atoms with van der Waals surface area (Å²) < 4.78 is 7.84. The van der Waals surface area contributed by atoms with Crippen molar-refractivity contribution in [1.29, 1.82) is 0 Å². The molecule has 0 amide bonds. The highest BCUT2D eigenvalue weighted by molar-refractivity contribution is 14.0. The van der Waals surface area contributed by atoms with Crippen molar-refractivity contribution in [2.75, 3.05) is 20.2 Å². The third-order valence-corrected chi connectivity index (χ3v) is 3.99. The summed E-state index contributed by atoms with van der Waals surface area (Å²) in [6, 6.07) is 0. The van der Waals surface area contributed by atoms with Crippen LogP contribution in [0.1, 0.15) is 44.3 Å². The van der Waals surface area contributed by atoms with Gasteiger partial charge in [0.2, 0.25) is 0 Å². The number of halogens is 1. The van der Waals surface area contributed by atoms with E-state index in [9.17, 15) is 0 Å². The first-order valence-electron chi connectivity index (χ1n) is 8.18. The molecule has 1 aromatic heterocycles. The molecule has 0 saturated heterocycles. The number of aromatic nitrogens is 3. The van der Waals surface area contributed by atoms with Crippen LogP contribution < -0.4 is 10.6 Å². The molecule has 23 heavy (non-hydrogen) atoms. The van der Waals surface area contributed by atoms with Crippen molar-refractivity contribution >= 4 is 29.9 Å². The molecule has 0 spiro atoms. The molecule has 1 aliphatic rings. The van der Waals surface area contributed by atoms with Gasteiger partial charge in [0.05, 0.1) is 19.3 Å². The number of nitrogens with zero attached hydrogens (tertiary/aromatic N) is 4. The van der Waals surface area contributed by atoms with Crippen LogP contribution in [0.15, 0.2) is 11.3 Å². The summed E-state index contributed by atoms with van der Waals surface area (Å²) in [6.45, 7) is 2.07. The SMILES string of the molecule is CN=C(NCCOC1CCCCCC1)NCc1nncn1C.I. The molecule has 132 valence electrons. The Balaban J connectivity index is 0.00000264. The molecule has 7 nitrogen and oxygen atoms in total. The van der Waals surface area contributed by atoms with Crippen molar-refractivity contribution in [1.82, 2.24) is 25.4 Å². The van der Waals surface area contributed by atoms with Gasteiger partial charge < -0.3 is 19.9 Å². The molecule has 1 heterocycles. The molecule has 0 radical (unpaired) electrons. The normalized spacial score (nSPS) is 16.5. The predicted molar refractivity (Wildman–Crippen MR) is 102 cm³/mol. The van der Waals surface area contributed by atoms with Crippen molar-refractivity contribution in [2.24, 2.45) is 12.0 Å². The van der Waals surface area contributed by atoms with Gasteiger partial charge in [0, 0.05) is 20.6 Å². The van der Waals surface area contributed by atoms with Crippen molar-refractivity contribution in [3.05, 3.63) is 12.2 Å². The Morgan fingerprint density at radius 3 is 2.65 bits per heavy atom. The fourth-order valence-electron chi connectivity index (χ4n) is 2.65. The van der Waals surface area contributed by atoms with E-state index in [2.05, 4.69) is 25.8 Å². The third kappa shape index (κ3) is 7.47. The van der Waals surface area contributed by atoms with E-state index in [1.807, 2.05) is 11.6 Å². The van der Waals surface area contributed by atoms with Crippen LogP contribution in [0, 0.1) is 0 Å². The topological polar surface area (TPSA) is 76.4 Å². The van der Waals surface area contributed by atoms with Crippen molar-refractivity contribution in [2.45, 2.75) is 51.2 Å². The fraction of sp³-hybridized carbons (Fsp3) is 0.800. The highest BCUT2D eigenvalue weighted by atomic mass is 127. The summed E-state index contributed by atoms with van der Waals surface area (Å²) in [6.07, 6.45) is 9.87. The quantitative estimate of drug-likeness (QED) is 0.234. The van der Waals surface area contributed by atoms with Gasteiger partial charge in [0.15, 0.2) is 11.8 Å². The monoisotopic (exact) mass is 436 g/mol. The largest absolute Gasteiger partial charge is 0.376 e. The smallest absolute Gasteiger partial charge is 0.191 e. The predicted octanol–water partition coefficient (Wildman–Crippen LogP) is 1.84. The number of ether oxygens (including phenoxy) is 1. The van der Waals surface area contributed by atoms with Crippen LogP contribution in [0.2, 0.25) is 0 Å². The van der Waals surface area contributed by atoms with Gasteiger partial charge in [0.25, 0.3) is 0 Å². The van der Waals surface area contributed by atoms with Crippen LogP contribution >= 0.6 is 24.0 Å². The maximum Gasteiger partial charge on any atom is 0.191 e. The highest BCUT2D eigenvalue weighted by Gasteiger charge is 2.12. The second-order valence-corrected chi connectivity index (χ2v) is 5.69. The molecular weight excluding hydrogens is 407 g/mol. The minimum Gasteiger partial charge on any atom is -0.376 e. The van der Waals surface area contributed by atoms with Gasteiger partial charge in [0.1, 0.15) is 6.33 Å². The first-order valence-corrected chi connectivity index (χ1v) is 8.18. The second-order valence-electron chi connectivity index (χ2n) is 5.69. The van der Waals surface area contributed by atoms with Crippen LogP contribution in [0.3, 0.4) is 0 Å². The van der Waals surface area contributed by atoms with Gasteiger partial charge in [-0.1, -0.05) is 25.7 Å². The lowest BCUT2D eigenvalue weighted by Gasteiger charge is -2.16. The van der Waals surface area contributed by atoms with E-state index in [-0.39, 0.29) is 24.0 Å². The molecular formula is C15H29IN6O. The van der Waals surface area contributed by atoms with E-state index in [1.54, 1.807) is 13.4 Å². The van der Waals surface area contributed by atoms with E-state index in [0.29, 0.717) is 12.6 Å². The zero-order valence-electron chi connectivity index (χ0n) is 14.1. The van der Waals surface area contributed by atoms with E-state index in [1.165, 1.54) is 38.5 Å². The summed E-state index contributed by atoms with van der Waals surface area (Å²) in [4.78, 5) is 4.20. The lowest BCUT2D eigenvalue weighted by Crippen LogP contribution is -2.39. The van der Waals surface area contributed by atoms with Crippen LogP contribution in [0.25, 0.3) is 0 Å². The van der Waals surface area contributed by atoms with Gasteiger partial charge in [-0.3, -0.25) is 4.99 Å². The second kappa shape index (κ2) is 11.6. The van der Waals surface area contributed by atoms with Crippen molar-refractivity contribution in [3.63, 3.8) is 0 Å². The van der Waals surface area contributed by atoms with Crippen LogP contribution in [-0.2, 0) is 18.3 Å². The minimum atomic E-state index is 0. The third-order valence-electron chi connectivity index (χ3n) is 3.99. The Hall–Kier alpha value is -0.900. The fourth-order valence-corrected chi connectivity index (χ4v) is 2.65. The Bertz CT molecular complexity index is 457. The number of aryl methyl sites for hydroxylation is 1. The number of hydrogen-bond acceptors (Lipinski definition) is 4. The molecule has 0 aliphatic heterocycles. The molecule has 2 rings (SSSR count). The zero-order valence-corrected chi connectivity index (χ0v) is 16.5. The van der Waals surface area contributed by atoms with Gasteiger partial charge in [-0.25, -0.2) is 0 Å². The van der Waals surface area contributed by atoms with Crippen molar-refractivity contribution in [3.8, 4) is 0 Å². The van der Waals surface area contributed by atoms with E-state index in [0.717, 1.165) is 24.9 Å². The zero-order chi connectivity index (χ0) is 15.6. The molecule has 1 aromatic rings. The molecule has 0 unspecified atom stereocenters. The van der Waals surface area contributed by atoms with E-state index in [4.69, 9.17) is 4.74 Å². The molecule has 0 atom stereocenters. The summed E-state index contributed by atoms with van der Waals surface area (Å²) in [5, 5.41) is 14.4. The van der Waals surface area contributed by atoms with Gasteiger partial charge in [-0.05, 0) is 12.8 Å². The Morgan fingerprint density at radius 2 is 2.04 bits per heavy atom. The first kappa shape index (κ1) is 20.1. The van der Waals surface area contributed by atoms with Crippen LogP contribution in [-0.4, -0.2) is 47.0 Å². The number of nitrogens with one attached hydrogen (secondary N) is 2. The number of aliphatic imine (C=N–C) groups is 1. The summed E-state index contributed by atoms with van der Waals surface area (Å²) in [5.41, 5.74) is 0. The van der Waals surface area contributed by atoms with E-state index >= 15 is 0 Å². The van der Waals surface area contributed by atoms with Gasteiger partial charge in [-0.2, -0.15) is 0 Å². The number of guanidine groups is 1. The molecule has 0 aromatic carbocycles. The summed E-state index contributed by atoms with van der Waals surface area (Å²) in [7, 11) is 3.69. The minimum absolute atomic E-state index is 0.